The van der Waals surface area contributed by atoms with Crippen LogP contribution in [0.15, 0.2) is 24.3 Å². The summed E-state index contributed by atoms with van der Waals surface area (Å²) in [7, 11) is -4.31. The van der Waals surface area contributed by atoms with Gasteiger partial charge in [-0.2, -0.15) is 0 Å². The Hall–Kier alpha value is -0.885. The van der Waals surface area contributed by atoms with Crippen LogP contribution in [-0.4, -0.2) is 55.0 Å². The molecule has 1 aliphatic heterocycles. The van der Waals surface area contributed by atoms with Gasteiger partial charge in [-0.05, 0) is 19.3 Å². The van der Waals surface area contributed by atoms with Gasteiger partial charge in [0.2, 0.25) is 10.0 Å². The molecule has 0 unspecified atom stereocenters. The molecule has 0 spiro atoms. The Labute approximate surface area is 121 Å². The molecule has 1 aromatic rings. The highest BCUT2D eigenvalue weighted by Crippen LogP contribution is 2.13. The molecule has 0 bridgehead atoms. The van der Waals surface area contributed by atoms with Crippen LogP contribution >= 0.6 is 0 Å². The molecule has 5 nitrogen and oxygen atoms in total. The zero-order valence-electron chi connectivity index (χ0n) is 12.0. The summed E-state index contributed by atoms with van der Waals surface area (Å²) < 4.78 is 25.2. The van der Waals surface area contributed by atoms with E-state index in [0.717, 1.165) is 6.54 Å². The number of benzene rings is 1. The van der Waals surface area contributed by atoms with Gasteiger partial charge < -0.3 is 5.02 Å². The van der Waals surface area contributed by atoms with Crippen molar-refractivity contribution in [1.82, 2.24) is 9.12 Å². The van der Waals surface area contributed by atoms with Crippen LogP contribution in [0.1, 0.15) is 11.1 Å². The summed E-state index contributed by atoms with van der Waals surface area (Å²) in [5.41, 5.74) is 2.39. The summed E-state index contributed by atoms with van der Waals surface area (Å²) >= 11 is 0. The number of rotatable bonds is 3. The summed E-state index contributed by atoms with van der Waals surface area (Å²) in [6.45, 7) is 5.75. The number of sulfonamides is 1. The second kappa shape index (κ2) is 6.26. The van der Waals surface area contributed by atoms with Crippen molar-refractivity contribution in [2.45, 2.75) is 20.3 Å². The minimum Gasteiger partial charge on any atom is -0.437 e. The maximum Gasteiger partial charge on any atom is 0.390 e. The predicted molar refractivity (Wildman–Crippen MR) is 80.8 cm³/mol. The van der Waals surface area contributed by atoms with Gasteiger partial charge in [-0.3, -0.25) is 4.90 Å². The van der Waals surface area contributed by atoms with Crippen LogP contribution in [0.3, 0.4) is 0 Å². The molecule has 1 aromatic carbocycles. The third-order valence-corrected chi connectivity index (χ3v) is 5.50. The summed E-state index contributed by atoms with van der Waals surface area (Å²) in [5, 5.41) is 9.57. The summed E-state index contributed by atoms with van der Waals surface area (Å²) in [4.78, 5) is 2.12. The first-order chi connectivity index (χ1) is 9.38. The van der Waals surface area contributed by atoms with Gasteiger partial charge in [-0.25, -0.2) is 12.6 Å². The Morgan fingerprint density at radius 1 is 1.20 bits per heavy atom. The Morgan fingerprint density at radius 2 is 1.85 bits per heavy atom. The van der Waals surface area contributed by atoms with E-state index in [1.807, 2.05) is 6.92 Å². The number of aryl methyl sites for hydroxylation is 1. The van der Waals surface area contributed by atoms with Gasteiger partial charge in [0.25, 0.3) is 0 Å². The van der Waals surface area contributed by atoms with E-state index in [9.17, 15) is 13.4 Å². The van der Waals surface area contributed by atoms with Gasteiger partial charge in [-0.1, -0.05) is 29.8 Å². The van der Waals surface area contributed by atoms with Crippen molar-refractivity contribution in [2.24, 2.45) is 0 Å². The van der Waals surface area contributed by atoms with E-state index in [1.54, 1.807) is 0 Å². The monoisotopic (exact) mass is 296 g/mol. The van der Waals surface area contributed by atoms with E-state index in [4.69, 9.17) is 0 Å². The molecule has 1 heterocycles. The molecule has 20 heavy (non-hydrogen) atoms. The SMILES string of the molecule is CB(O)N1CCN(Cc2ccc(C)cc2)CCS1(=O)=O. The van der Waals surface area contributed by atoms with Crippen molar-refractivity contribution in [3.63, 3.8) is 0 Å². The summed E-state index contributed by atoms with van der Waals surface area (Å²) in [5.74, 6) is 0.0593. The van der Waals surface area contributed by atoms with Gasteiger partial charge in [0.1, 0.15) is 0 Å². The van der Waals surface area contributed by atoms with Crippen molar-refractivity contribution < 1.29 is 13.4 Å². The topological polar surface area (TPSA) is 60.9 Å². The van der Waals surface area contributed by atoms with Crippen molar-refractivity contribution in [1.29, 1.82) is 0 Å². The molecule has 1 fully saturated rings. The van der Waals surface area contributed by atoms with E-state index in [1.165, 1.54) is 22.2 Å². The molecule has 0 aromatic heterocycles. The lowest BCUT2D eigenvalue weighted by Gasteiger charge is -2.21. The quantitative estimate of drug-likeness (QED) is 0.828. The van der Waals surface area contributed by atoms with Gasteiger partial charge >= 0.3 is 7.05 Å². The van der Waals surface area contributed by atoms with Crippen molar-refractivity contribution in [3.05, 3.63) is 35.4 Å². The zero-order chi connectivity index (χ0) is 14.8. The van der Waals surface area contributed by atoms with Gasteiger partial charge in [0.15, 0.2) is 0 Å². The third-order valence-electron chi connectivity index (χ3n) is 3.60. The second-order valence-electron chi connectivity index (χ2n) is 5.32. The highest BCUT2D eigenvalue weighted by Gasteiger charge is 2.32. The molecule has 0 radical (unpaired) electrons. The summed E-state index contributed by atoms with van der Waals surface area (Å²) in [6, 6.07) is 8.26. The van der Waals surface area contributed by atoms with Crippen LogP contribution < -0.4 is 0 Å². The Balaban J connectivity index is 2.04. The number of hydrogen-bond acceptors (Lipinski definition) is 4. The zero-order valence-corrected chi connectivity index (χ0v) is 12.8. The molecule has 0 atom stereocenters. The lowest BCUT2D eigenvalue weighted by molar-refractivity contribution is 0.281. The van der Waals surface area contributed by atoms with Crippen molar-refractivity contribution in [3.8, 4) is 0 Å². The number of hydrogen-bond donors (Lipinski definition) is 1. The fourth-order valence-corrected chi connectivity index (χ4v) is 3.93. The molecule has 2 rings (SSSR count). The first kappa shape index (κ1) is 15.5. The van der Waals surface area contributed by atoms with E-state index < -0.39 is 17.1 Å². The first-order valence-electron chi connectivity index (χ1n) is 6.84. The summed E-state index contributed by atoms with van der Waals surface area (Å²) in [6.07, 6.45) is 0. The van der Waals surface area contributed by atoms with E-state index in [-0.39, 0.29) is 5.75 Å². The van der Waals surface area contributed by atoms with Crippen LogP contribution in [0.4, 0.5) is 0 Å². The molecule has 7 heteroatoms. The van der Waals surface area contributed by atoms with Crippen LogP contribution in [0.25, 0.3) is 0 Å². The second-order valence-corrected chi connectivity index (χ2v) is 7.36. The third kappa shape index (κ3) is 3.82. The maximum atomic E-state index is 12.0. The molecular weight excluding hydrogens is 275 g/mol. The number of nitrogens with zero attached hydrogens (tertiary/aromatic N) is 2. The normalized spacial score (nSPS) is 20.6. The maximum absolute atomic E-state index is 12.0. The Morgan fingerprint density at radius 3 is 2.45 bits per heavy atom. The molecule has 0 aliphatic carbocycles. The molecule has 110 valence electrons. The first-order valence-corrected chi connectivity index (χ1v) is 8.45. The van der Waals surface area contributed by atoms with E-state index in [0.29, 0.717) is 19.6 Å². The minimum absolute atomic E-state index is 0.0593. The van der Waals surface area contributed by atoms with Gasteiger partial charge in [-0.15, -0.1) is 0 Å². The van der Waals surface area contributed by atoms with Crippen LogP contribution in [0.2, 0.25) is 6.82 Å². The molecular formula is C13H21BN2O3S. The van der Waals surface area contributed by atoms with Crippen molar-refractivity contribution in [2.75, 3.05) is 25.4 Å². The minimum atomic E-state index is -3.35. The fourth-order valence-electron chi connectivity index (χ4n) is 2.38. The molecule has 0 saturated carbocycles. The predicted octanol–water partition coefficient (Wildman–Crippen LogP) is 0.553. The standard InChI is InChI=1S/C13H21BN2O3S/c1-12-3-5-13(6-4-12)11-15-7-8-16(14(2)17)20(18,19)10-9-15/h3-6,17H,7-11H2,1-2H3. The van der Waals surface area contributed by atoms with E-state index in [2.05, 4.69) is 29.2 Å². The lowest BCUT2D eigenvalue weighted by Crippen LogP contribution is -2.43. The Kier molecular flexibility index (Phi) is 4.85. The van der Waals surface area contributed by atoms with Crippen LogP contribution in [0.5, 0.6) is 0 Å². The fraction of sp³-hybridized carbons (Fsp3) is 0.538. The molecule has 1 saturated heterocycles. The Bertz CT molecular complexity index is 545. The highest BCUT2D eigenvalue weighted by atomic mass is 32.2. The average Bonchev–Trinajstić information content (AvgIpc) is 2.51. The molecule has 0 amide bonds. The smallest absolute Gasteiger partial charge is 0.390 e. The van der Waals surface area contributed by atoms with Crippen molar-refractivity contribution >= 4 is 17.1 Å². The van der Waals surface area contributed by atoms with Gasteiger partial charge in [0, 0.05) is 26.2 Å². The molecule has 1 N–H and O–H groups in total. The van der Waals surface area contributed by atoms with Crippen LogP contribution in [-0.2, 0) is 16.6 Å². The lowest BCUT2D eigenvalue weighted by atomic mass is 9.89. The van der Waals surface area contributed by atoms with Crippen LogP contribution in [0, 0.1) is 6.92 Å². The van der Waals surface area contributed by atoms with E-state index >= 15 is 0 Å². The largest absolute Gasteiger partial charge is 0.437 e. The average molecular weight is 296 g/mol. The highest BCUT2D eigenvalue weighted by molar-refractivity contribution is 7.90. The van der Waals surface area contributed by atoms with Gasteiger partial charge in [0.05, 0.1) is 5.75 Å². The molecule has 1 aliphatic rings.